The predicted molar refractivity (Wildman–Crippen MR) is 124 cm³/mol. The van der Waals surface area contributed by atoms with Crippen molar-refractivity contribution in [3.8, 4) is 5.75 Å². The van der Waals surface area contributed by atoms with Crippen molar-refractivity contribution in [3.63, 3.8) is 0 Å². The second-order valence-corrected chi connectivity index (χ2v) is 7.53. The number of urea groups is 1. The van der Waals surface area contributed by atoms with E-state index in [4.69, 9.17) is 4.74 Å². The van der Waals surface area contributed by atoms with Crippen LogP contribution in [0.4, 0.5) is 16.2 Å². The first-order valence-electron chi connectivity index (χ1n) is 10.3. The van der Waals surface area contributed by atoms with Gasteiger partial charge in [-0.05, 0) is 60.0 Å². The van der Waals surface area contributed by atoms with Gasteiger partial charge in [0.1, 0.15) is 17.9 Å². The van der Waals surface area contributed by atoms with E-state index in [2.05, 4.69) is 5.32 Å². The van der Waals surface area contributed by atoms with Gasteiger partial charge in [-0.15, -0.1) is 0 Å². The van der Waals surface area contributed by atoms with Gasteiger partial charge in [-0.25, -0.2) is 9.69 Å². The molecule has 34 heavy (non-hydrogen) atoms. The van der Waals surface area contributed by atoms with E-state index in [0.717, 1.165) is 10.5 Å². The number of nitro groups is 1. The average Bonchev–Trinajstić information content (AvgIpc) is 2.82. The molecule has 4 rings (SSSR count). The number of rotatable bonds is 6. The molecule has 1 heterocycles. The number of nitrogens with zero attached hydrogens (tertiary/aromatic N) is 2. The summed E-state index contributed by atoms with van der Waals surface area (Å²) in [5.74, 6) is -0.934. The summed E-state index contributed by atoms with van der Waals surface area (Å²) in [6.45, 7) is 1.98. The molecular weight excluding hydrogens is 438 g/mol. The number of nitrogens with one attached hydrogen (secondary N) is 1. The van der Waals surface area contributed by atoms with Gasteiger partial charge in [-0.3, -0.25) is 25.0 Å². The van der Waals surface area contributed by atoms with Gasteiger partial charge in [0.25, 0.3) is 17.5 Å². The molecule has 0 bridgehead atoms. The number of anilines is 1. The highest BCUT2D eigenvalue weighted by molar-refractivity contribution is 6.39. The van der Waals surface area contributed by atoms with Crippen LogP contribution in [-0.4, -0.2) is 22.8 Å². The molecule has 0 radical (unpaired) electrons. The highest BCUT2D eigenvalue weighted by Gasteiger charge is 2.37. The van der Waals surface area contributed by atoms with E-state index in [1.54, 1.807) is 67.6 Å². The fourth-order valence-corrected chi connectivity index (χ4v) is 3.40. The summed E-state index contributed by atoms with van der Waals surface area (Å²) in [6, 6.07) is 18.9. The first-order valence-corrected chi connectivity index (χ1v) is 10.3. The Morgan fingerprint density at radius 1 is 0.971 bits per heavy atom. The number of ether oxygens (including phenoxy) is 1. The number of amides is 4. The van der Waals surface area contributed by atoms with Crippen LogP contribution in [0.15, 0.2) is 78.4 Å². The Hall–Kier alpha value is -4.79. The standard InChI is InChI=1S/C25H19N3O6/c1-16-4-2-3-5-22(16)27-24(30)21(23(29)26-25(27)31)14-17-8-12-20(13-9-17)34-15-18-6-10-19(11-7-18)28(32)33/h2-14H,15H2,1H3,(H,26,29,31)/b21-14+. The summed E-state index contributed by atoms with van der Waals surface area (Å²) in [6.07, 6.45) is 1.41. The van der Waals surface area contributed by atoms with Crippen molar-refractivity contribution in [2.45, 2.75) is 13.5 Å². The molecule has 0 unspecified atom stereocenters. The highest BCUT2D eigenvalue weighted by Crippen LogP contribution is 2.25. The maximum absolute atomic E-state index is 13.0. The number of imide groups is 2. The quantitative estimate of drug-likeness (QED) is 0.257. The van der Waals surface area contributed by atoms with Crippen molar-refractivity contribution in [2.75, 3.05) is 4.90 Å². The molecule has 1 N–H and O–H groups in total. The Morgan fingerprint density at radius 3 is 2.29 bits per heavy atom. The van der Waals surface area contributed by atoms with E-state index in [9.17, 15) is 24.5 Å². The fourth-order valence-electron chi connectivity index (χ4n) is 3.40. The van der Waals surface area contributed by atoms with E-state index in [0.29, 0.717) is 22.6 Å². The third-order valence-electron chi connectivity index (χ3n) is 5.20. The average molecular weight is 457 g/mol. The summed E-state index contributed by atoms with van der Waals surface area (Å²) in [4.78, 5) is 48.9. The second kappa shape index (κ2) is 9.37. The fraction of sp³-hybridized carbons (Fsp3) is 0.0800. The Morgan fingerprint density at radius 2 is 1.65 bits per heavy atom. The summed E-state index contributed by atoms with van der Waals surface area (Å²) in [5.41, 5.74) is 2.29. The molecule has 0 aromatic heterocycles. The van der Waals surface area contributed by atoms with E-state index in [1.165, 1.54) is 18.2 Å². The number of aryl methyl sites for hydroxylation is 1. The maximum atomic E-state index is 13.0. The Labute approximate surface area is 194 Å². The topological polar surface area (TPSA) is 119 Å². The zero-order chi connectivity index (χ0) is 24.2. The summed E-state index contributed by atoms with van der Waals surface area (Å²) in [5, 5.41) is 12.9. The van der Waals surface area contributed by atoms with Crippen LogP contribution in [0.3, 0.4) is 0 Å². The molecule has 1 aliphatic heterocycles. The number of benzene rings is 3. The van der Waals surface area contributed by atoms with Gasteiger partial charge in [-0.1, -0.05) is 30.3 Å². The minimum absolute atomic E-state index is 0.00475. The third kappa shape index (κ3) is 4.68. The molecule has 1 fully saturated rings. The van der Waals surface area contributed by atoms with Crippen LogP contribution < -0.4 is 15.0 Å². The van der Waals surface area contributed by atoms with Crippen molar-refractivity contribution in [2.24, 2.45) is 0 Å². The third-order valence-corrected chi connectivity index (χ3v) is 5.20. The SMILES string of the molecule is Cc1ccccc1N1C(=O)NC(=O)/C(=C\c2ccc(OCc3ccc([N+](=O)[O-])cc3)cc2)C1=O. The molecule has 0 aliphatic carbocycles. The van der Waals surface area contributed by atoms with Gasteiger partial charge in [0.2, 0.25) is 0 Å². The molecule has 0 saturated carbocycles. The number of hydrogen-bond donors (Lipinski definition) is 1. The number of barbiturate groups is 1. The van der Waals surface area contributed by atoms with Crippen LogP contribution in [0, 0.1) is 17.0 Å². The van der Waals surface area contributed by atoms with E-state index < -0.39 is 22.8 Å². The minimum atomic E-state index is -0.795. The Kier molecular flexibility index (Phi) is 6.18. The number of hydrogen-bond acceptors (Lipinski definition) is 6. The second-order valence-electron chi connectivity index (χ2n) is 7.53. The van der Waals surface area contributed by atoms with Gasteiger partial charge < -0.3 is 4.74 Å². The zero-order valence-electron chi connectivity index (χ0n) is 18.1. The number of para-hydroxylation sites is 1. The van der Waals surface area contributed by atoms with Crippen LogP contribution in [0.1, 0.15) is 16.7 Å². The predicted octanol–water partition coefficient (Wildman–Crippen LogP) is 4.15. The van der Waals surface area contributed by atoms with Crippen LogP contribution in [0.2, 0.25) is 0 Å². The molecule has 4 amide bonds. The monoisotopic (exact) mass is 457 g/mol. The van der Waals surface area contributed by atoms with Crippen LogP contribution in [0.5, 0.6) is 5.75 Å². The van der Waals surface area contributed by atoms with Gasteiger partial charge in [0, 0.05) is 12.1 Å². The van der Waals surface area contributed by atoms with Crippen LogP contribution in [0.25, 0.3) is 6.08 Å². The summed E-state index contributed by atoms with van der Waals surface area (Å²) >= 11 is 0. The van der Waals surface area contributed by atoms with Gasteiger partial charge >= 0.3 is 6.03 Å². The van der Waals surface area contributed by atoms with E-state index >= 15 is 0 Å². The molecule has 1 aliphatic rings. The van der Waals surface area contributed by atoms with Crippen LogP contribution in [-0.2, 0) is 16.2 Å². The minimum Gasteiger partial charge on any atom is -0.489 e. The normalized spacial score (nSPS) is 14.8. The molecule has 9 heteroatoms. The zero-order valence-corrected chi connectivity index (χ0v) is 18.1. The summed E-state index contributed by atoms with van der Waals surface area (Å²) in [7, 11) is 0. The molecule has 1 saturated heterocycles. The van der Waals surface area contributed by atoms with Crippen LogP contribution >= 0.6 is 0 Å². The number of carbonyl (C=O) groups is 3. The smallest absolute Gasteiger partial charge is 0.335 e. The first-order chi connectivity index (χ1) is 16.3. The highest BCUT2D eigenvalue weighted by atomic mass is 16.6. The number of non-ortho nitro benzene ring substituents is 1. The lowest BCUT2D eigenvalue weighted by atomic mass is 10.1. The van der Waals surface area contributed by atoms with Gasteiger partial charge in [0.15, 0.2) is 0 Å². The molecule has 9 nitrogen and oxygen atoms in total. The molecule has 3 aromatic rings. The number of nitro benzene ring substituents is 1. The number of carbonyl (C=O) groups excluding carboxylic acids is 3. The Balaban J connectivity index is 1.49. The van der Waals surface area contributed by atoms with Crippen molar-refractivity contribution >= 4 is 35.3 Å². The molecule has 170 valence electrons. The largest absolute Gasteiger partial charge is 0.489 e. The lowest BCUT2D eigenvalue weighted by Crippen LogP contribution is -2.54. The van der Waals surface area contributed by atoms with Gasteiger partial charge in [0.05, 0.1) is 10.6 Å². The molecular formula is C25H19N3O6. The maximum Gasteiger partial charge on any atom is 0.335 e. The van der Waals surface area contributed by atoms with Crippen molar-refractivity contribution in [1.82, 2.24) is 5.32 Å². The van der Waals surface area contributed by atoms with E-state index in [1.807, 2.05) is 0 Å². The van der Waals surface area contributed by atoms with Crippen molar-refractivity contribution in [1.29, 1.82) is 0 Å². The molecule has 3 aromatic carbocycles. The molecule has 0 atom stereocenters. The lowest BCUT2D eigenvalue weighted by Gasteiger charge is -2.27. The lowest BCUT2D eigenvalue weighted by molar-refractivity contribution is -0.384. The summed E-state index contributed by atoms with van der Waals surface area (Å²) < 4.78 is 5.69. The Bertz CT molecular complexity index is 1310. The molecule has 0 spiro atoms. The van der Waals surface area contributed by atoms with Crippen molar-refractivity contribution in [3.05, 3.63) is 105 Å². The van der Waals surface area contributed by atoms with E-state index in [-0.39, 0.29) is 17.9 Å². The van der Waals surface area contributed by atoms with Crippen molar-refractivity contribution < 1.29 is 24.0 Å². The first kappa shape index (κ1) is 22.4. The van der Waals surface area contributed by atoms with Gasteiger partial charge in [-0.2, -0.15) is 0 Å².